The zero-order valence-electron chi connectivity index (χ0n) is 18.4. The molecule has 2 aromatic rings. The molecule has 0 aliphatic heterocycles. The number of rotatable bonds is 10. The predicted molar refractivity (Wildman–Crippen MR) is 117 cm³/mol. The Bertz CT molecular complexity index is 840. The van der Waals surface area contributed by atoms with Gasteiger partial charge in [-0.05, 0) is 26.0 Å². The molecule has 2 N–H and O–H groups in total. The summed E-state index contributed by atoms with van der Waals surface area (Å²) in [4.78, 5) is 27.8. The number of ether oxygens (including phenoxy) is 2. The minimum absolute atomic E-state index is 0.0498. The molecular formula is C23H32N3O4+. The van der Waals surface area contributed by atoms with Crippen molar-refractivity contribution in [2.75, 3.05) is 46.2 Å². The summed E-state index contributed by atoms with van der Waals surface area (Å²) in [6, 6.07) is 14.4. The molecule has 162 valence electrons. The third kappa shape index (κ3) is 6.22. The minimum atomic E-state index is -0.466. The van der Waals surface area contributed by atoms with Crippen molar-refractivity contribution in [2.24, 2.45) is 0 Å². The van der Waals surface area contributed by atoms with E-state index < -0.39 is 6.04 Å². The molecule has 0 saturated heterocycles. The fourth-order valence-corrected chi connectivity index (χ4v) is 3.23. The Morgan fingerprint density at radius 1 is 1.00 bits per heavy atom. The predicted octanol–water partition coefficient (Wildman–Crippen LogP) is 1.77. The molecule has 0 aliphatic carbocycles. The van der Waals surface area contributed by atoms with Gasteiger partial charge in [0.2, 0.25) is 0 Å². The van der Waals surface area contributed by atoms with Crippen LogP contribution in [0.25, 0.3) is 0 Å². The maximum Gasteiger partial charge on any atom is 0.285 e. The van der Waals surface area contributed by atoms with Crippen molar-refractivity contribution in [1.82, 2.24) is 4.90 Å². The van der Waals surface area contributed by atoms with Gasteiger partial charge in [0.25, 0.3) is 11.8 Å². The van der Waals surface area contributed by atoms with Crippen LogP contribution < -0.4 is 19.7 Å². The van der Waals surface area contributed by atoms with E-state index in [0.717, 1.165) is 10.5 Å². The molecule has 0 radical (unpaired) electrons. The van der Waals surface area contributed by atoms with Gasteiger partial charge in [-0.2, -0.15) is 0 Å². The van der Waals surface area contributed by atoms with E-state index in [1.54, 1.807) is 37.2 Å². The number of hydrogen-bond acceptors (Lipinski definition) is 4. The fraction of sp³-hybridized carbons (Fsp3) is 0.391. The summed E-state index contributed by atoms with van der Waals surface area (Å²) < 4.78 is 11.2. The fourth-order valence-electron chi connectivity index (χ4n) is 3.23. The Hall–Kier alpha value is -3.06. The number of quaternary nitrogens is 1. The Morgan fingerprint density at radius 3 is 2.23 bits per heavy atom. The van der Waals surface area contributed by atoms with Crippen LogP contribution in [0.3, 0.4) is 0 Å². The summed E-state index contributed by atoms with van der Waals surface area (Å²) in [5.74, 6) is 0.987. The second-order valence-corrected chi connectivity index (χ2v) is 7.18. The summed E-state index contributed by atoms with van der Waals surface area (Å²) in [7, 11) is 5.30. The second kappa shape index (κ2) is 11.2. The smallest absolute Gasteiger partial charge is 0.285 e. The van der Waals surface area contributed by atoms with Gasteiger partial charge in [-0.15, -0.1) is 0 Å². The zero-order valence-corrected chi connectivity index (χ0v) is 18.4. The minimum Gasteiger partial charge on any atom is -0.490 e. The van der Waals surface area contributed by atoms with E-state index in [0.29, 0.717) is 30.4 Å². The number of carbonyl (C=O) groups excluding carboxylic acids is 2. The molecule has 7 nitrogen and oxygen atoms in total. The highest BCUT2D eigenvalue weighted by Gasteiger charge is 2.31. The van der Waals surface area contributed by atoms with Crippen LogP contribution in [0.15, 0.2) is 48.5 Å². The van der Waals surface area contributed by atoms with Gasteiger partial charge in [0.1, 0.15) is 0 Å². The number of nitrogens with zero attached hydrogens (tertiary/aromatic N) is 1. The number of amides is 2. The van der Waals surface area contributed by atoms with Gasteiger partial charge in [0, 0.05) is 31.4 Å². The summed E-state index contributed by atoms with van der Waals surface area (Å²) in [6.07, 6.45) is 0. The van der Waals surface area contributed by atoms with E-state index in [2.05, 4.69) is 5.32 Å². The number of carbonyl (C=O) groups is 2. The van der Waals surface area contributed by atoms with E-state index in [1.165, 1.54) is 0 Å². The highest BCUT2D eigenvalue weighted by Crippen LogP contribution is 2.30. The first-order chi connectivity index (χ1) is 14.4. The quantitative estimate of drug-likeness (QED) is 0.622. The summed E-state index contributed by atoms with van der Waals surface area (Å²) in [6.45, 7) is 4.96. The summed E-state index contributed by atoms with van der Waals surface area (Å²) in [5, 5.41) is 2.90. The van der Waals surface area contributed by atoms with Crippen molar-refractivity contribution < 1.29 is 24.0 Å². The lowest BCUT2D eigenvalue weighted by atomic mass is 10.0. The third-order valence-electron chi connectivity index (χ3n) is 4.58. The van der Waals surface area contributed by atoms with Crippen molar-refractivity contribution in [3.63, 3.8) is 0 Å². The number of likely N-dealkylation sites (N-methyl/N-ethyl adjacent to an activating group) is 2. The second-order valence-electron chi connectivity index (χ2n) is 7.18. The highest BCUT2D eigenvalue weighted by molar-refractivity contribution is 5.92. The van der Waals surface area contributed by atoms with Crippen molar-refractivity contribution in [3.8, 4) is 11.5 Å². The first-order valence-electron chi connectivity index (χ1n) is 10.1. The topological polar surface area (TPSA) is 72.3 Å². The van der Waals surface area contributed by atoms with Gasteiger partial charge in [0.05, 0.1) is 20.3 Å². The van der Waals surface area contributed by atoms with Crippen LogP contribution >= 0.6 is 0 Å². The average Bonchev–Trinajstić information content (AvgIpc) is 2.71. The maximum absolute atomic E-state index is 12.8. The van der Waals surface area contributed by atoms with Crippen LogP contribution in [0.4, 0.5) is 5.69 Å². The molecule has 0 aromatic heterocycles. The molecule has 0 fully saturated rings. The molecule has 2 amide bonds. The molecule has 7 heteroatoms. The summed E-state index contributed by atoms with van der Waals surface area (Å²) in [5.41, 5.74) is 1.50. The molecule has 2 atom stereocenters. The normalized spacial score (nSPS) is 12.6. The van der Waals surface area contributed by atoms with E-state index >= 15 is 0 Å². The van der Waals surface area contributed by atoms with Gasteiger partial charge < -0.3 is 24.6 Å². The molecule has 0 saturated carbocycles. The van der Waals surface area contributed by atoms with Crippen LogP contribution in [0.5, 0.6) is 11.5 Å². The van der Waals surface area contributed by atoms with E-state index in [9.17, 15) is 9.59 Å². The zero-order chi connectivity index (χ0) is 22.1. The standard InChI is InChI=1S/C23H31N3O4/c1-6-29-19-14-13-18(15-20(19)30-7-2)24-21(27)16-26(5)22(23(28)25(3)4)17-11-9-8-10-12-17/h8-15,22H,6-7,16H2,1-5H3,(H,24,27)/p+1/t22-/m1/s1. The molecule has 1 unspecified atom stereocenters. The number of anilines is 1. The van der Waals surface area contributed by atoms with Gasteiger partial charge in [0.15, 0.2) is 24.1 Å². The summed E-state index contributed by atoms with van der Waals surface area (Å²) >= 11 is 0. The van der Waals surface area contributed by atoms with Crippen LogP contribution in [0, 0.1) is 0 Å². The lowest BCUT2D eigenvalue weighted by molar-refractivity contribution is -0.894. The van der Waals surface area contributed by atoms with Crippen molar-refractivity contribution in [3.05, 3.63) is 54.1 Å². The molecule has 2 rings (SSSR count). The Labute approximate surface area is 178 Å². The van der Waals surface area contributed by atoms with E-state index in [1.807, 2.05) is 51.2 Å². The molecular weight excluding hydrogens is 382 g/mol. The van der Waals surface area contributed by atoms with Crippen LogP contribution in [0.1, 0.15) is 25.5 Å². The first-order valence-corrected chi connectivity index (χ1v) is 10.1. The van der Waals surface area contributed by atoms with Gasteiger partial charge in [-0.25, -0.2) is 0 Å². The van der Waals surface area contributed by atoms with Crippen LogP contribution in [-0.2, 0) is 9.59 Å². The van der Waals surface area contributed by atoms with E-state index in [4.69, 9.17) is 9.47 Å². The molecule has 0 spiro atoms. The van der Waals surface area contributed by atoms with Gasteiger partial charge in [-0.1, -0.05) is 30.3 Å². The average molecular weight is 415 g/mol. The number of nitrogens with one attached hydrogen (secondary N) is 2. The van der Waals surface area contributed by atoms with Crippen molar-refractivity contribution in [1.29, 1.82) is 0 Å². The third-order valence-corrected chi connectivity index (χ3v) is 4.58. The molecule has 0 aliphatic rings. The highest BCUT2D eigenvalue weighted by atomic mass is 16.5. The lowest BCUT2D eigenvalue weighted by Crippen LogP contribution is -3.11. The molecule has 30 heavy (non-hydrogen) atoms. The largest absolute Gasteiger partial charge is 0.490 e. The number of hydrogen-bond donors (Lipinski definition) is 2. The van der Waals surface area contributed by atoms with Crippen molar-refractivity contribution in [2.45, 2.75) is 19.9 Å². The maximum atomic E-state index is 12.8. The van der Waals surface area contributed by atoms with Crippen LogP contribution in [0.2, 0.25) is 0 Å². The monoisotopic (exact) mass is 414 g/mol. The Balaban J connectivity index is 2.13. The SMILES string of the molecule is CCOc1ccc(NC(=O)C[NH+](C)[C@@H](C(=O)N(C)C)c2ccccc2)cc1OCC. The van der Waals surface area contributed by atoms with E-state index in [-0.39, 0.29) is 18.4 Å². The molecule has 2 aromatic carbocycles. The van der Waals surface area contributed by atoms with Gasteiger partial charge >= 0.3 is 0 Å². The first kappa shape index (κ1) is 23.2. The Morgan fingerprint density at radius 2 is 1.63 bits per heavy atom. The van der Waals surface area contributed by atoms with Gasteiger partial charge in [-0.3, -0.25) is 9.59 Å². The molecule has 0 bridgehead atoms. The number of benzene rings is 2. The van der Waals surface area contributed by atoms with Crippen LogP contribution in [-0.4, -0.2) is 57.6 Å². The molecule has 0 heterocycles. The lowest BCUT2D eigenvalue weighted by Gasteiger charge is -2.26. The Kier molecular flexibility index (Phi) is 8.68. The van der Waals surface area contributed by atoms with Crippen molar-refractivity contribution >= 4 is 17.5 Å².